The number of aromatic amines is 1. The van der Waals surface area contributed by atoms with Gasteiger partial charge in [0.05, 0.1) is 11.9 Å². The molecular weight excluding hydrogens is 310 g/mol. The highest BCUT2D eigenvalue weighted by Gasteiger charge is 2.06. The van der Waals surface area contributed by atoms with Gasteiger partial charge in [-0.3, -0.25) is 19.1 Å². The molecule has 24 heavy (non-hydrogen) atoms. The number of nitrogens with zero attached hydrogens (tertiary/aromatic N) is 3. The SMILES string of the molecule is O=C(Cn1ccc(=O)[nH]c1=O)NCc1cnn(-c2ccccc2)c1. The Kier molecular flexibility index (Phi) is 4.37. The molecule has 8 nitrogen and oxygen atoms in total. The fraction of sp³-hybridized carbons (Fsp3) is 0.125. The van der Waals surface area contributed by atoms with Gasteiger partial charge in [0.2, 0.25) is 5.91 Å². The van der Waals surface area contributed by atoms with Gasteiger partial charge < -0.3 is 5.32 Å². The number of hydrogen-bond donors (Lipinski definition) is 2. The van der Waals surface area contributed by atoms with Crippen LogP contribution in [0.4, 0.5) is 0 Å². The van der Waals surface area contributed by atoms with Crippen LogP contribution < -0.4 is 16.6 Å². The Hall–Kier alpha value is -3.42. The number of rotatable bonds is 5. The maximum atomic E-state index is 11.9. The Labute approximate surface area is 136 Å². The first-order valence-electron chi connectivity index (χ1n) is 7.27. The molecule has 0 aliphatic heterocycles. The van der Waals surface area contributed by atoms with Crippen LogP contribution in [0.15, 0.2) is 64.6 Å². The highest BCUT2D eigenvalue weighted by molar-refractivity contribution is 5.75. The number of hydrogen-bond acceptors (Lipinski definition) is 4. The summed E-state index contributed by atoms with van der Waals surface area (Å²) in [6.07, 6.45) is 4.77. The Morgan fingerprint density at radius 3 is 2.71 bits per heavy atom. The third-order valence-electron chi connectivity index (χ3n) is 3.36. The summed E-state index contributed by atoms with van der Waals surface area (Å²) in [6.45, 7) is 0.131. The van der Waals surface area contributed by atoms with Crippen molar-refractivity contribution in [1.29, 1.82) is 0 Å². The molecule has 0 saturated carbocycles. The highest BCUT2D eigenvalue weighted by Crippen LogP contribution is 2.07. The van der Waals surface area contributed by atoms with E-state index in [-0.39, 0.29) is 12.5 Å². The first kappa shape index (κ1) is 15.5. The van der Waals surface area contributed by atoms with Crippen molar-refractivity contribution in [2.75, 3.05) is 0 Å². The first-order chi connectivity index (χ1) is 11.6. The molecule has 2 N–H and O–H groups in total. The van der Waals surface area contributed by atoms with Crippen molar-refractivity contribution >= 4 is 5.91 Å². The Balaban J connectivity index is 1.60. The van der Waals surface area contributed by atoms with Gasteiger partial charge in [0.15, 0.2) is 0 Å². The Bertz CT molecular complexity index is 955. The van der Waals surface area contributed by atoms with Gasteiger partial charge in [0, 0.05) is 30.6 Å². The van der Waals surface area contributed by atoms with Crippen LogP contribution in [0, 0.1) is 0 Å². The molecular formula is C16H15N5O3. The first-order valence-corrected chi connectivity index (χ1v) is 7.27. The molecule has 2 heterocycles. The number of H-pyrrole nitrogens is 1. The number of amides is 1. The molecule has 3 rings (SSSR count). The average molecular weight is 325 g/mol. The van der Waals surface area contributed by atoms with Crippen molar-refractivity contribution < 1.29 is 4.79 Å². The van der Waals surface area contributed by atoms with E-state index in [0.29, 0.717) is 6.54 Å². The fourth-order valence-corrected chi connectivity index (χ4v) is 2.15. The summed E-state index contributed by atoms with van der Waals surface area (Å²) in [6, 6.07) is 10.8. The quantitative estimate of drug-likeness (QED) is 0.691. The molecule has 3 aromatic rings. The molecule has 1 amide bonds. The summed E-state index contributed by atoms with van der Waals surface area (Å²) in [5, 5.41) is 6.95. The van der Waals surface area contributed by atoms with Crippen LogP contribution in [-0.4, -0.2) is 25.2 Å². The average Bonchev–Trinajstić information content (AvgIpc) is 3.05. The van der Waals surface area contributed by atoms with Crippen molar-refractivity contribution in [3.05, 3.63) is 81.4 Å². The van der Waals surface area contributed by atoms with E-state index in [1.807, 2.05) is 36.5 Å². The maximum absolute atomic E-state index is 11.9. The molecule has 2 aromatic heterocycles. The minimum atomic E-state index is -0.616. The summed E-state index contributed by atoms with van der Waals surface area (Å²) in [5.74, 6) is -0.336. The lowest BCUT2D eigenvalue weighted by atomic mass is 10.3. The zero-order valence-corrected chi connectivity index (χ0v) is 12.7. The van der Waals surface area contributed by atoms with Crippen LogP contribution >= 0.6 is 0 Å². The summed E-state index contributed by atoms with van der Waals surface area (Å²) in [5.41, 5.74) is 0.649. The Morgan fingerprint density at radius 1 is 1.17 bits per heavy atom. The van der Waals surface area contributed by atoms with Gasteiger partial charge in [0.1, 0.15) is 6.54 Å². The van der Waals surface area contributed by atoms with Crippen LogP contribution in [0.3, 0.4) is 0 Å². The molecule has 0 radical (unpaired) electrons. The second-order valence-corrected chi connectivity index (χ2v) is 5.14. The number of para-hydroxylation sites is 1. The summed E-state index contributed by atoms with van der Waals surface area (Å²) in [4.78, 5) is 36.5. The van der Waals surface area contributed by atoms with Gasteiger partial charge in [-0.25, -0.2) is 9.48 Å². The molecule has 122 valence electrons. The summed E-state index contributed by atoms with van der Waals surface area (Å²) in [7, 11) is 0. The summed E-state index contributed by atoms with van der Waals surface area (Å²) < 4.78 is 2.85. The molecule has 0 atom stereocenters. The van der Waals surface area contributed by atoms with Gasteiger partial charge in [-0.2, -0.15) is 5.10 Å². The number of carbonyl (C=O) groups is 1. The van der Waals surface area contributed by atoms with E-state index in [2.05, 4.69) is 15.4 Å². The van der Waals surface area contributed by atoms with Gasteiger partial charge in [-0.15, -0.1) is 0 Å². The van der Waals surface area contributed by atoms with Crippen molar-refractivity contribution in [3.63, 3.8) is 0 Å². The van der Waals surface area contributed by atoms with Gasteiger partial charge in [-0.1, -0.05) is 18.2 Å². The molecule has 0 saturated heterocycles. The van der Waals surface area contributed by atoms with Crippen molar-refractivity contribution in [3.8, 4) is 5.69 Å². The minimum absolute atomic E-state index is 0.164. The predicted octanol–water partition coefficient (Wildman–Crippen LogP) is 0.0387. The third kappa shape index (κ3) is 3.67. The van der Waals surface area contributed by atoms with Gasteiger partial charge in [-0.05, 0) is 12.1 Å². The van der Waals surface area contributed by atoms with Crippen LogP contribution in [0.1, 0.15) is 5.56 Å². The second-order valence-electron chi connectivity index (χ2n) is 5.14. The van der Waals surface area contributed by atoms with E-state index < -0.39 is 11.2 Å². The van der Waals surface area contributed by atoms with E-state index in [4.69, 9.17) is 0 Å². The lowest BCUT2D eigenvalue weighted by molar-refractivity contribution is -0.121. The molecule has 0 fully saturated rings. The molecule has 0 aliphatic carbocycles. The molecule has 1 aromatic carbocycles. The van der Waals surface area contributed by atoms with Crippen molar-refractivity contribution in [1.82, 2.24) is 24.6 Å². The number of carbonyl (C=O) groups excluding carboxylic acids is 1. The van der Waals surface area contributed by atoms with E-state index in [9.17, 15) is 14.4 Å². The maximum Gasteiger partial charge on any atom is 0.328 e. The zero-order valence-electron chi connectivity index (χ0n) is 12.7. The lowest BCUT2D eigenvalue weighted by Gasteiger charge is -2.05. The van der Waals surface area contributed by atoms with Crippen LogP contribution in [-0.2, 0) is 17.9 Å². The molecule has 0 unspecified atom stereocenters. The van der Waals surface area contributed by atoms with Gasteiger partial charge in [0.25, 0.3) is 5.56 Å². The van der Waals surface area contributed by atoms with E-state index in [1.54, 1.807) is 10.9 Å². The standard InChI is InChI=1S/C16H15N5O3/c22-14-6-7-20(16(24)19-14)11-15(23)17-8-12-9-18-21(10-12)13-4-2-1-3-5-13/h1-7,9-10H,8,11H2,(H,17,23)(H,19,22,24). The number of benzene rings is 1. The fourth-order valence-electron chi connectivity index (χ4n) is 2.15. The van der Waals surface area contributed by atoms with Crippen molar-refractivity contribution in [2.45, 2.75) is 13.1 Å². The summed E-state index contributed by atoms with van der Waals surface area (Å²) >= 11 is 0. The highest BCUT2D eigenvalue weighted by atomic mass is 16.2. The van der Waals surface area contributed by atoms with Crippen LogP contribution in [0.5, 0.6) is 0 Å². The third-order valence-corrected chi connectivity index (χ3v) is 3.36. The largest absolute Gasteiger partial charge is 0.350 e. The second kappa shape index (κ2) is 6.78. The smallest absolute Gasteiger partial charge is 0.328 e. The normalized spacial score (nSPS) is 10.5. The number of aromatic nitrogens is 4. The molecule has 0 spiro atoms. The predicted molar refractivity (Wildman–Crippen MR) is 86.7 cm³/mol. The van der Waals surface area contributed by atoms with E-state index in [1.165, 1.54) is 12.3 Å². The lowest BCUT2D eigenvalue weighted by Crippen LogP contribution is -2.35. The van der Waals surface area contributed by atoms with Crippen molar-refractivity contribution in [2.24, 2.45) is 0 Å². The molecule has 8 heteroatoms. The minimum Gasteiger partial charge on any atom is -0.350 e. The molecule has 0 bridgehead atoms. The topological polar surface area (TPSA) is 102 Å². The Morgan fingerprint density at radius 2 is 1.96 bits per heavy atom. The monoisotopic (exact) mass is 325 g/mol. The van der Waals surface area contributed by atoms with E-state index in [0.717, 1.165) is 15.8 Å². The number of nitrogens with one attached hydrogen (secondary N) is 2. The van der Waals surface area contributed by atoms with Gasteiger partial charge >= 0.3 is 5.69 Å². The van der Waals surface area contributed by atoms with E-state index >= 15 is 0 Å². The zero-order chi connectivity index (χ0) is 16.9. The molecule has 0 aliphatic rings. The van der Waals surface area contributed by atoms with Crippen LogP contribution in [0.25, 0.3) is 5.69 Å². The van der Waals surface area contributed by atoms with Crippen LogP contribution in [0.2, 0.25) is 0 Å².